The maximum absolute atomic E-state index is 12.2. The number of nitrogens with one attached hydrogen (secondary N) is 2. The minimum Gasteiger partial charge on any atom is -0.372 e. The number of nitro groups is 1. The number of thiazole rings is 1. The molecule has 0 bridgehead atoms. The van der Waals surface area contributed by atoms with Crippen LogP contribution in [0.3, 0.4) is 0 Å². The highest BCUT2D eigenvalue weighted by Gasteiger charge is 2.26. The molecule has 2 aromatic rings. The standard InChI is InChI=1S/C10H12N4O4S3/c1-3-11-9-7(14(15)16)4-8(20-9)21(17,18)13-10-12-6(2)5-19-10/h4-5,11H,3H2,1-2H3,(H,12,13). The number of hydrogen-bond donors (Lipinski definition) is 2. The van der Waals surface area contributed by atoms with Gasteiger partial charge in [-0.3, -0.25) is 14.8 Å². The summed E-state index contributed by atoms with van der Waals surface area (Å²) >= 11 is 1.97. The fraction of sp³-hybridized carbons (Fsp3) is 0.300. The quantitative estimate of drug-likeness (QED) is 0.613. The molecule has 0 aliphatic carbocycles. The van der Waals surface area contributed by atoms with Crippen LogP contribution in [0.15, 0.2) is 15.7 Å². The van der Waals surface area contributed by atoms with Gasteiger partial charge in [-0.25, -0.2) is 13.4 Å². The molecule has 0 spiro atoms. The van der Waals surface area contributed by atoms with E-state index in [1.165, 1.54) is 0 Å². The van der Waals surface area contributed by atoms with Crippen LogP contribution >= 0.6 is 22.7 Å². The second-order valence-corrected chi connectivity index (χ2v) is 7.79. The number of rotatable bonds is 6. The Bertz CT molecular complexity index is 765. The molecule has 0 aromatic carbocycles. The minimum absolute atomic E-state index is 0.127. The van der Waals surface area contributed by atoms with Crippen molar-refractivity contribution in [2.75, 3.05) is 16.6 Å². The van der Waals surface area contributed by atoms with Crippen LogP contribution in [-0.2, 0) is 10.0 Å². The van der Waals surface area contributed by atoms with Crippen LogP contribution in [0.4, 0.5) is 15.8 Å². The van der Waals surface area contributed by atoms with Crippen LogP contribution < -0.4 is 10.0 Å². The number of sulfonamides is 1. The van der Waals surface area contributed by atoms with Crippen molar-refractivity contribution >= 4 is 48.5 Å². The third-order valence-corrected chi connectivity index (χ3v) is 6.23. The molecule has 11 heteroatoms. The van der Waals surface area contributed by atoms with E-state index < -0.39 is 14.9 Å². The molecule has 0 saturated carbocycles. The number of thiophene rings is 1. The molecule has 114 valence electrons. The van der Waals surface area contributed by atoms with Gasteiger partial charge in [-0.15, -0.1) is 11.3 Å². The van der Waals surface area contributed by atoms with E-state index in [2.05, 4.69) is 15.0 Å². The van der Waals surface area contributed by atoms with Crippen molar-refractivity contribution in [3.05, 3.63) is 27.3 Å². The summed E-state index contributed by atoms with van der Waals surface area (Å²) < 4.78 is 26.6. The summed E-state index contributed by atoms with van der Waals surface area (Å²) in [5.41, 5.74) is 0.445. The first kappa shape index (κ1) is 15.7. The van der Waals surface area contributed by atoms with E-state index >= 15 is 0 Å². The van der Waals surface area contributed by atoms with E-state index in [0.29, 0.717) is 12.2 Å². The second kappa shape index (κ2) is 5.95. The van der Waals surface area contributed by atoms with Crippen LogP contribution in [0.2, 0.25) is 0 Å². The summed E-state index contributed by atoms with van der Waals surface area (Å²) in [6.07, 6.45) is 0. The molecule has 0 amide bonds. The van der Waals surface area contributed by atoms with Crippen molar-refractivity contribution in [3.8, 4) is 0 Å². The van der Waals surface area contributed by atoms with Gasteiger partial charge in [-0.05, 0) is 13.8 Å². The fourth-order valence-electron chi connectivity index (χ4n) is 1.48. The average Bonchev–Trinajstić information content (AvgIpc) is 2.96. The SMILES string of the molecule is CCNc1sc(S(=O)(=O)Nc2nc(C)cs2)cc1[N+](=O)[O-]. The van der Waals surface area contributed by atoms with Crippen molar-refractivity contribution in [3.63, 3.8) is 0 Å². The highest BCUT2D eigenvalue weighted by Crippen LogP contribution is 2.37. The second-order valence-electron chi connectivity index (χ2n) is 3.97. The van der Waals surface area contributed by atoms with Crippen molar-refractivity contribution < 1.29 is 13.3 Å². The lowest BCUT2D eigenvalue weighted by Gasteiger charge is -2.01. The van der Waals surface area contributed by atoms with Crippen LogP contribution in [0.1, 0.15) is 12.6 Å². The number of hydrogen-bond acceptors (Lipinski definition) is 8. The van der Waals surface area contributed by atoms with Crippen molar-refractivity contribution in [1.29, 1.82) is 0 Å². The molecule has 0 radical (unpaired) electrons. The summed E-state index contributed by atoms with van der Waals surface area (Å²) in [6.45, 7) is 3.97. The number of anilines is 2. The molecule has 2 aromatic heterocycles. The zero-order chi connectivity index (χ0) is 15.6. The van der Waals surface area contributed by atoms with E-state index in [9.17, 15) is 18.5 Å². The van der Waals surface area contributed by atoms with Crippen molar-refractivity contribution in [2.24, 2.45) is 0 Å². The largest absolute Gasteiger partial charge is 0.372 e. The molecule has 0 fully saturated rings. The lowest BCUT2D eigenvalue weighted by Crippen LogP contribution is -2.11. The molecule has 0 aliphatic heterocycles. The molecule has 0 atom stereocenters. The number of nitrogens with zero attached hydrogens (tertiary/aromatic N) is 2. The maximum Gasteiger partial charge on any atom is 0.304 e. The molecular formula is C10H12N4O4S3. The normalized spacial score (nSPS) is 11.3. The maximum atomic E-state index is 12.2. The molecular weight excluding hydrogens is 336 g/mol. The lowest BCUT2D eigenvalue weighted by atomic mass is 10.5. The Morgan fingerprint density at radius 1 is 1.48 bits per heavy atom. The smallest absolute Gasteiger partial charge is 0.304 e. The molecule has 0 unspecified atom stereocenters. The predicted octanol–water partition coefficient (Wildman–Crippen LogP) is 2.65. The van der Waals surface area contributed by atoms with E-state index in [1.54, 1.807) is 19.2 Å². The van der Waals surface area contributed by atoms with Gasteiger partial charge in [-0.2, -0.15) is 0 Å². The Morgan fingerprint density at radius 3 is 2.71 bits per heavy atom. The van der Waals surface area contributed by atoms with E-state index in [1.807, 2.05) is 0 Å². The zero-order valence-corrected chi connectivity index (χ0v) is 13.6. The zero-order valence-electron chi connectivity index (χ0n) is 11.1. The first-order valence-corrected chi connectivity index (χ1v) is 8.98. The molecule has 21 heavy (non-hydrogen) atoms. The molecule has 0 saturated heterocycles. The summed E-state index contributed by atoms with van der Waals surface area (Å²) in [6, 6.07) is 1.05. The minimum atomic E-state index is -3.88. The Morgan fingerprint density at radius 2 is 2.19 bits per heavy atom. The van der Waals surface area contributed by atoms with E-state index in [0.717, 1.165) is 28.7 Å². The Balaban J connectivity index is 2.35. The van der Waals surface area contributed by atoms with Gasteiger partial charge in [0.1, 0.15) is 4.21 Å². The highest BCUT2D eigenvalue weighted by molar-refractivity contribution is 7.95. The van der Waals surface area contributed by atoms with Gasteiger partial charge >= 0.3 is 5.69 Å². The molecule has 2 rings (SSSR count). The fourth-order valence-corrected chi connectivity index (χ4v) is 4.82. The Hall–Kier alpha value is -1.72. The first-order valence-electron chi connectivity index (χ1n) is 5.80. The Labute approximate surface area is 129 Å². The summed E-state index contributed by atoms with van der Waals surface area (Å²) in [7, 11) is -3.88. The number of aromatic nitrogens is 1. The molecule has 2 heterocycles. The van der Waals surface area contributed by atoms with Gasteiger partial charge in [-0.1, -0.05) is 11.3 Å². The van der Waals surface area contributed by atoms with Crippen molar-refractivity contribution in [2.45, 2.75) is 18.1 Å². The third-order valence-electron chi connectivity index (χ3n) is 2.33. The van der Waals surface area contributed by atoms with E-state index in [-0.39, 0.29) is 20.0 Å². The van der Waals surface area contributed by atoms with Crippen LogP contribution in [0, 0.1) is 17.0 Å². The van der Waals surface area contributed by atoms with Gasteiger partial charge < -0.3 is 5.32 Å². The monoisotopic (exact) mass is 348 g/mol. The summed E-state index contributed by atoms with van der Waals surface area (Å²) in [4.78, 5) is 14.3. The highest BCUT2D eigenvalue weighted by atomic mass is 32.2. The topological polar surface area (TPSA) is 114 Å². The lowest BCUT2D eigenvalue weighted by molar-refractivity contribution is -0.383. The summed E-state index contributed by atoms with van der Waals surface area (Å²) in [5.74, 6) is 0. The first-order chi connectivity index (χ1) is 9.83. The Kier molecular flexibility index (Phi) is 4.44. The average molecular weight is 348 g/mol. The van der Waals surface area contributed by atoms with Gasteiger partial charge in [0, 0.05) is 18.0 Å². The van der Waals surface area contributed by atoms with Crippen molar-refractivity contribution in [1.82, 2.24) is 4.98 Å². The third kappa shape index (κ3) is 3.49. The van der Waals surface area contributed by atoms with Gasteiger partial charge in [0.15, 0.2) is 10.1 Å². The number of aryl methyl sites for hydroxylation is 1. The van der Waals surface area contributed by atoms with E-state index in [4.69, 9.17) is 0 Å². The van der Waals surface area contributed by atoms with Gasteiger partial charge in [0.05, 0.1) is 10.6 Å². The van der Waals surface area contributed by atoms with Gasteiger partial charge in [0.25, 0.3) is 10.0 Å². The van der Waals surface area contributed by atoms with Crippen LogP contribution in [-0.4, -0.2) is 24.9 Å². The van der Waals surface area contributed by atoms with Crippen LogP contribution in [0.5, 0.6) is 0 Å². The van der Waals surface area contributed by atoms with Crippen LogP contribution in [0.25, 0.3) is 0 Å². The predicted molar refractivity (Wildman–Crippen MR) is 82.8 cm³/mol. The molecule has 8 nitrogen and oxygen atoms in total. The van der Waals surface area contributed by atoms with Gasteiger partial charge in [0.2, 0.25) is 0 Å². The molecule has 2 N–H and O–H groups in total. The summed E-state index contributed by atoms with van der Waals surface area (Å²) in [5, 5.41) is 15.9. The molecule has 0 aliphatic rings.